The Bertz CT molecular complexity index is 375. The molecule has 0 heterocycles. The molecule has 146 valence electrons. The Labute approximate surface area is 147 Å². The van der Waals surface area contributed by atoms with Gasteiger partial charge in [0.05, 0.1) is 26.4 Å². The summed E-state index contributed by atoms with van der Waals surface area (Å²) in [7, 11) is 0. The zero-order valence-corrected chi connectivity index (χ0v) is 14.8. The molecule has 0 fully saturated rings. The minimum Gasteiger partial charge on any atom is -0.480 e. The number of aliphatic carboxylic acids is 1. The van der Waals surface area contributed by atoms with Gasteiger partial charge in [0.25, 0.3) is 0 Å². The molecule has 0 aliphatic rings. The summed E-state index contributed by atoms with van der Waals surface area (Å²) in [6.07, 6.45) is 3.40. The summed E-state index contributed by atoms with van der Waals surface area (Å²) in [6.45, 7) is 3.15. The molecule has 0 aromatic carbocycles. The predicted octanol–water partition coefficient (Wildman–Crippen LogP) is 0.361. The number of carboxylic acids is 1. The molecule has 0 spiro atoms. The van der Waals surface area contributed by atoms with E-state index in [1.807, 2.05) is 0 Å². The molecule has 0 rings (SSSR count). The summed E-state index contributed by atoms with van der Waals surface area (Å²) in [5.74, 6) is -1.72. The largest absolute Gasteiger partial charge is 0.480 e. The fourth-order valence-corrected chi connectivity index (χ4v) is 1.67. The summed E-state index contributed by atoms with van der Waals surface area (Å²) in [4.78, 5) is 32.7. The highest BCUT2D eigenvalue weighted by Gasteiger charge is 2.03. The monoisotopic (exact) mass is 363 g/mol. The molecule has 0 atom stereocenters. The Hall–Kier alpha value is -1.71. The Morgan fingerprint density at radius 2 is 1.56 bits per heavy atom. The number of rotatable bonds is 17. The first-order valence-corrected chi connectivity index (χ1v) is 8.43. The van der Waals surface area contributed by atoms with E-state index in [0.29, 0.717) is 39.4 Å². The molecular weight excluding hydrogens is 334 g/mol. The molecule has 0 saturated heterocycles. The zero-order valence-electron chi connectivity index (χ0n) is 14.8. The molecular formula is C16H29NO8. The second-order valence-electron chi connectivity index (χ2n) is 5.14. The van der Waals surface area contributed by atoms with Crippen LogP contribution in [0.4, 0.5) is 0 Å². The Kier molecular flexibility index (Phi) is 16.0. The number of carboxylic acid groups (broad SMARTS) is 1. The molecule has 0 aromatic rings. The first-order valence-electron chi connectivity index (χ1n) is 8.43. The van der Waals surface area contributed by atoms with Crippen LogP contribution in [0, 0.1) is 0 Å². The summed E-state index contributed by atoms with van der Waals surface area (Å²) >= 11 is 0. The first kappa shape index (κ1) is 23.3. The fourth-order valence-electron chi connectivity index (χ4n) is 1.67. The van der Waals surface area contributed by atoms with E-state index in [4.69, 9.17) is 19.3 Å². The highest BCUT2D eigenvalue weighted by Crippen LogP contribution is 2.00. The van der Waals surface area contributed by atoms with E-state index in [1.54, 1.807) is 0 Å². The van der Waals surface area contributed by atoms with Gasteiger partial charge in [-0.05, 0) is 6.42 Å². The van der Waals surface area contributed by atoms with Crippen molar-refractivity contribution in [3.05, 3.63) is 0 Å². The molecule has 0 saturated carbocycles. The van der Waals surface area contributed by atoms with Crippen molar-refractivity contribution in [3.8, 4) is 0 Å². The SMILES string of the molecule is CCCCCC(=O)OCCOCCOCCNC(=O)COCC(=O)O. The maximum absolute atomic E-state index is 11.3. The van der Waals surface area contributed by atoms with Gasteiger partial charge < -0.3 is 29.4 Å². The summed E-state index contributed by atoms with van der Waals surface area (Å²) in [5, 5.41) is 10.9. The van der Waals surface area contributed by atoms with E-state index in [9.17, 15) is 14.4 Å². The van der Waals surface area contributed by atoms with Crippen LogP contribution in [-0.4, -0.2) is 75.7 Å². The number of nitrogens with one attached hydrogen (secondary N) is 1. The van der Waals surface area contributed by atoms with Gasteiger partial charge in [-0.25, -0.2) is 4.79 Å². The third-order valence-electron chi connectivity index (χ3n) is 2.87. The van der Waals surface area contributed by atoms with Crippen molar-refractivity contribution < 1.29 is 38.4 Å². The fraction of sp³-hybridized carbons (Fsp3) is 0.812. The quantitative estimate of drug-likeness (QED) is 0.281. The number of esters is 1. The number of unbranched alkanes of at least 4 members (excludes halogenated alkanes) is 2. The normalized spacial score (nSPS) is 10.4. The van der Waals surface area contributed by atoms with Crippen LogP contribution in [0.3, 0.4) is 0 Å². The molecule has 1 amide bonds. The van der Waals surface area contributed by atoms with Gasteiger partial charge in [0.2, 0.25) is 5.91 Å². The predicted molar refractivity (Wildman–Crippen MR) is 88.2 cm³/mol. The number of carbonyl (C=O) groups excluding carboxylic acids is 2. The maximum Gasteiger partial charge on any atom is 0.329 e. The minimum absolute atomic E-state index is 0.198. The lowest BCUT2D eigenvalue weighted by Crippen LogP contribution is -2.31. The van der Waals surface area contributed by atoms with Crippen molar-refractivity contribution in [2.45, 2.75) is 32.6 Å². The molecule has 0 unspecified atom stereocenters. The molecule has 0 aromatic heterocycles. The Balaban J connectivity index is 3.24. The van der Waals surface area contributed by atoms with Gasteiger partial charge in [-0.2, -0.15) is 0 Å². The van der Waals surface area contributed by atoms with Gasteiger partial charge in [-0.3, -0.25) is 9.59 Å². The van der Waals surface area contributed by atoms with Crippen LogP contribution in [0.25, 0.3) is 0 Å². The summed E-state index contributed by atoms with van der Waals surface area (Å²) in [6, 6.07) is 0. The molecule has 9 heteroatoms. The molecule has 0 aliphatic carbocycles. The van der Waals surface area contributed by atoms with Crippen molar-refractivity contribution in [1.82, 2.24) is 5.32 Å². The van der Waals surface area contributed by atoms with Crippen molar-refractivity contribution >= 4 is 17.8 Å². The van der Waals surface area contributed by atoms with Crippen LogP contribution in [0.1, 0.15) is 32.6 Å². The number of hydrogen-bond donors (Lipinski definition) is 2. The summed E-state index contributed by atoms with van der Waals surface area (Å²) in [5.41, 5.74) is 0. The van der Waals surface area contributed by atoms with Crippen LogP contribution in [-0.2, 0) is 33.3 Å². The smallest absolute Gasteiger partial charge is 0.329 e. The van der Waals surface area contributed by atoms with Crippen molar-refractivity contribution in [1.29, 1.82) is 0 Å². The van der Waals surface area contributed by atoms with Gasteiger partial charge >= 0.3 is 11.9 Å². The lowest BCUT2D eigenvalue weighted by atomic mass is 10.2. The van der Waals surface area contributed by atoms with Crippen LogP contribution in [0.2, 0.25) is 0 Å². The summed E-state index contributed by atoms with van der Waals surface area (Å²) < 4.78 is 20.1. The lowest BCUT2D eigenvalue weighted by molar-refractivity contribution is -0.146. The molecule has 0 bridgehead atoms. The molecule has 0 radical (unpaired) electrons. The van der Waals surface area contributed by atoms with Gasteiger partial charge in [0.15, 0.2) is 0 Å². The number of amides is 1. The van der Waals surface area contributed by atoms with Crippen molar-refractivity contribution in [3.63, 3.8) is 0 Å². The average Bonchev–Trinajstić information content (AvgIpc) is 2.56. The van der Waals surface area contributed by atoms with E-state index in [2.05, 4.69) is 17.0 Å². The minimum atomic E-state index is -1.12. The Morgan fingerprint density at radius 3 is 2.24 bits per heavy atom. The van der Waals surface area contributed by atoms with E-state index in [0.717, 1.165) is 19.3 Å². The lowest BCUT2D eigenvalue weighted by Gasteiger charge is -2.08. The second kappa shape index (κ2) is 17.1. The van der Waals surface area contributed by atoms with Gasteiger partial charge in [-0.15, -0.1) is 0 Å². The third-order valence-corrected chi connectivity index (χ3v) is 2.87. The Morgan fingerprint density at radius 1 is 0.880 bits per heavy atom. The third kappa shape index (κ3) is 18.5. The van der Waals surface area contributed by atoms with Crippen LogP contribution < -0.4 is 5.32 Å². The van der Waals surface area contributed by atoms with Crippen LogP contribution in [0.5, 0.6) is 0 Å². The molecule has 9 nitrogen and oxygen atoms in total. The van der Waals surface area contributed by atoms with Crippen molar-refractivity contribution in [2.24, 2.45) is 0 Å². The van der Waals surface area contributed by atoms with E-state index in [1.165, 1.54) is 0 Å². The maximum atomic E-state index is 11.3. The second-order valence-corrected chi connectivity index (χ2v) is 5.14. The topological polar surface area (TPSA) is 120 Å². The van der Waals surface area contributed by atoms with Gasteiger partial charge in [0.1, 0.15) is 19.8 Å². The van der Waals surface area contributed by atoms with Crippen molar-refractivity contribution in [2.75, 3.05) is 52.8 Å². The number of hydrogen-bond acceptors (Lipinski definition) is 7. The average molecular weight is 363 g/mol. The first-order chi connectivity index (χ1) is 12.1. The molecule has 0 aliphatic heterocycles. The van der Waals surface area contributed by atoms with Crippen LogP contribution in [0.15, 0.2) is 0 Å². The standard InChI is InChI=1S/C16H29NO8/c1-2-3-4-5-16(21)25-11-10-23-9-8-22-7-6-17-14(18)12-24-13-15(19)20/h2-13H2,1H3,(H,17,18)(H,19,20). The number of carbonyl (C=O) groups is 3. The van der Waals surface area contributed by atoms with Gasteiger partial charge in [-0.1, -0.05) is 19.8 Å². The van der Waals surface area contributed by atoms with E-state index in [-0.39, 0.29) is 19.2 Å². The van der Waals surface area contributed by atoms with E-state index >= 15 is 0 Å². The molecule has 2 N–H and O–H groups in total. The molecule has 25 heavy (non-hydrogen) atoms. The number of ether oxygens (including phenoxy) is 4. The highest BCUT2D eigenvalue weighted by molar-refractivity contribution is 5.77. The highest BCUT2D eigenvalue weighted by atomic mass is 16.6. The van der Waals surface area contributed by atoms with Crippen LogP contribution >= 0.6 is 0 Å². The van der Waals surface area contributed by atoms with E-state index < -0.39 is 18.5 Å². The van der Waals surface area contributed by atoms with Gasteiger partial charge in [0, 0.05) is 13.0 Å². The zero-order chi connectivity index (χ0) is 18.8.